The molecule has 0 unspecified atom stereocenters. The quantitative estimate of drug-likeness (QED) is 0.865. The lowest BCUT2D eigenvalue weighted by Crippen LogP contribution is -2.02. The molecule has 0 amide bonds. The van der Waals surface area contributed by atoms with Gasteiger partial charge in [-0.1, -0.05) is 6.07 Å². The lowest BCUT2D eigenvalue weighted by atomic mass is 10.2. The monoisotopic (exact) mass is 267 g/mol. The highest BCUT2D eigenvalue weighted by molar-refractivity contribution is 5.88. The van der Waals surface area contributed by atoms with Crippen LogP contribution in [0.5, 0.6) is 0 Å². The first kappa shape index (κ1) is 13.1. The van der Waals surface area contributed by atoms with Gasteiger partial charge in [0.05, 0.1) is 24.9 Å². The van der Waals surface area contributed by atoms with Gasteiger partial charge in [0, 0.05) is 0 Å². The van der Waals surface area contributed by atoms with Gasteiger partial charge in [-0.05, 0) is 18.2 Å². The molecule has 0 spiro atoms. The van der Waals surface area contributed by atoms with Crippen LogP contribution in [0.1, 0.15) is 16.1 Å². The van der Waals surface area contributed by atoms with E-state index in [2.05, 4.69) is 10.1 Å². The fraction of sp³-hybridized carbons (Fsp3) is 0.154. The molecule has 0 saturated heterocycles. The summed E-state index contributed by atoms with van der Waals surface area (Å²) < 4.78 is 35.9. The maximum absolute atomic E-state index is 13.4. The predicted molar refractivity (Wildman–Crippen MR) is 63.7 cm³/mol. The fourth-order valence-corrected chi connectivity index (χ4v) is 1.52. The third-order valence-corrected chi connectivity index (χ3v) is 2.48. The zero-order chi connectivity index (χ0) is 13.8. The first-order valence-corrected chi connectivity index (χ1v) is 5.45. The number of nitrogens with one attached hydrogen (secondary N) is 1. The van der Waals surface area contributed by atoms with Crippen LogP contribution in [0.15, 0.2) is 34.9 Å². The summed E-state index contributed by atoms with van der Waals surface area (Å²) in [5, 5.41) is 2.68. The Labute approximate surface area is 108 Å². The molecule has 0 fully saturated rings. The lowest BCUT2D eigenvalue weighted by Gasteiger charge is -2.05. The Morgan fingerprint density at radius 3 is 2.95 bits per heavy atom. The van der Waals surface area contributed by atoms with Crippen LogP contribution in [-0.4, -0.2) is 13.1 Å². The molecule has 0 radical (unpaired) electrons. The van der Waals surface area contributed by atoms with Crippen molar-refractivity contribution in [3.8, 4) is 0 Å². The number of hydrogen-bond acceptors (Lipinski definition) is 4. The highest BCUT2D eigenvalue weighted by Crippen LogP contribution is 2.18. The summed E-state index contributed by atoms with van der Waals surface area (Å²) in [5.74, 6) is -2.00. The number of furan rings is 1. The molecule has 0 aliphatic carbocycles. The average molecular weight is 267 g/mol. The molecule has 1 aromatic heterocycles. The maximum Gasteiger partial charge on any atom is 0.341 e. The van der Waals surface area contributed by atoms with E-state index >= 15 is 0 Å². The Morgan fingerprint density at radius 2 is 2.21 bits per heavy atom. The van der Waals surface area contributed by atoms with Crippen LogP contribution in [0.4, 0.5) is 14.5 Å². The van der Waals surface area contributed by atoms with E-state index in [0.29, 0.717) is 5.76 Å². The van der Waals surface area contributed by atoms with E-state index in [9.17, 15) is 13.6 Å². The predicted octanol–water partition coefficient (Wildman–Crippen LogP) is 2.96. The van der Waals surface area contributed by atoms with E-state index in [4.69, 9.17) is 4.42 Å². The molecule has 0 aliphatic rings. The molecular formula is C13H11F2NO3. The van der Waals surface area contributed by atoms with Crippen LogP contribution >= 0.6 is 0 Å². The van der Waals surface area contributed by atoms with Crippen molar-refractivity contribution < 1.29 is 22.7 Å². The van der Waals surface area contributed by atoms with Gasteiger partial charge in [0.15, 0.2) is 11.6 Å². The van der Waals surface area contributed by atoms with Crippen LogP contribution in [0.25, 0.3) is 0 Å². The third-order valence-electron chi connectivity index (χ3n) is 2.48. The Hall–Kier alpha value is -2.37. The molecule has 4 nitrogen and oxygen atoms in total. The largest absolute Gasteiger partial charge is 0.467 e. The van der Waals surface area contributed by atoms with E-state index in [0.717, 1.165) is 6.07 Å². The van der Waals surface area contributed by atoms with Gasteiger partial charge in [-0.15, -0.1) is 0 Å². The first-order chi connectivity index (χ1) is 9.11. The van der Waals surface area contributed by atoms with Gasteiger partial charge in [-0.25, -0.2) is 13.6 Å². The SMILES string of the molecule is COC(=O)c1coc(CNc2cccc(F)c2F)c1. The number of methoxy groups -OCH3 is 1. The number of halogens is 2. The van der Waals surface area contributed by atoms with Crippen molar-refractivity contribution in [2.75, 3.05) is 12.4 Å². The fourth-order valence-electron chi connectivity index (χ4n) is 1.52. The normalized spacial score (nSPS) is 10.3. The Bertz CT molecular complexity index is 595. The molecule has 1 heterocycles. The zero-order valence-corrected chi connectivity index (χ0v) is 10.1. The zero-order valence-electron chi connectivity index (χ0n) is 10.1. The number of carbonyl (C=O) groups is 1. The first-order valence-electron chi connectivity index (χ1n) is 5.45. The van der Waals surface area contributed by atoms with Crippen LogP contribution in [-0.2, 0) is 11.3 Å². The minimum Gasteiger partial charge on any atom is -0.467 e. The number of anilines is 1. The van der Waals surface area contributed by atoms with Gasteiger partial charge < -0.3 is 14.5 Å². The minimum absolute atomic E-state index is 0.0241. The molecule has 19 heavy (non-hydrogen) atoms. The van der Waals surface area contributed by atoms with Crippen LogP contribution in [0, 0.1) is 11.6 Å². The number of benzene rings is 1. The molecule has 0 aliphatic heterocycles. The second-order valence-electron chi connectivity index (χ2n) is 3.75. The highest BCUT2D eigenvalue weighted by atomic mass is 19.2. The number of ether oxygens (including phenoxy) is 1. The van der Waals surface area contributed by atoms with Crippen LogP contribution in [0.3, 0.4) is 0 Å². The standard InChI is InChI=1S/C13H11F2NO3/c1-18-13(17)8-5-9(19-7-8)6-16-11-4-2-3-10(14)12(11)15/h2-5,7,16H,6H2,1H3. The molecule has 1 N–H and O–H groups in total. The van der Waals surface area contributed by atoms with Crippen molar-refractivity contribution in [2.45, 2.75) is 6.54 Å². The Balaban J connectivity index is 2.04. The molecule has 2 aromatic rings. The van der Waals surface area contributed by atoms with Crippen molar-refractivity contribution in [3.63, 3.8) is 0 Å². The summed E-state index contributed by atoms with van der Waals surface area (Å²) in [6, 6.07) is 5.30. The van der Waals surface area contributed by atoms with Gasteiger partial charge in [-0.3, -0.25) is 0 Å². The molecule has 0 atom stereocenters. The van der Waals surface area contributed by atoms with Gasteiger partial charge in [-0.2, -0.15) is 0 Å². The molecular weight excluding hydrogens is 256 g/mol. The van der Waals surface area contributed by atoms with Gasteiger partial charge in [0.2, 0.25) is 0 Å². The molecule has 0 saturated carbocycles. The number of rotatable bonds is 4. The highest BCUT2D eigenvalue weighted by Gasteiger charge is 2.11. The minimum atomic E-state index is -0.956. The average Bonchev–Trinajstić information content (AvgIpc) is 2.88. The van der Waals surface area contributed by atoms with Crippen LogP contribution in [0.2, 0.25) is 0 Å². The summed E-state index contributed by atoms with van der Waals surface area (Å²) in [6.45, 7) is 0.122. The van der Waals surface area contributed by atoms with Gasteiger partial charge in [0.25, 0.3) is 0 Å². The molecule has 1 aromatic carbocycles. The smallest absolute Gasteiger partial charge is 0.341 e. The van der Waals surface area contributed by atoms with E-state index in [1.54, 1.807) is 0 Å². The molecule has 0 bridgehead atoms. The molecule has 6 heteroatoms. The van der Waals surface area contributed by atoms with Gasteiger partial charge >= 0.3 is 5.97 Å². The Morgan fingerprint density at radius 1 is 1.42 bits per heavy atom. The molecule has 100 valence electrons. The summed E-state index contributed by atoms with van der Waals surface area (Å²) in [4.78, 5) is 11.2. The van der Waals surface area contributed by atoms with Crippen molar-refractivity contribution in [3.05, 3.63) is 53.5 Å². The van der Waals surface area contributed by atoms with E-state index in [-0.39, 0.29) is 17.8 Å². The van der Waals surface area contributed by atoms with Gasteiger partial charge in [0.1, 0.15) is 12.0 Å². The number of esters is 1. The van der Waals surface area contributed by atoms with Crippen molar-refractivity contribution in [1.29, 1.82) is 0 Å². The topological polar surface area (TPSA) is 51.5 Å². The second kappa shape index (κ2) is 5.51. The second-order valence-corrected chi connectivity index (χ2v) is 3.75. The van der Waals surface area contributed by atoms with E-state index in [1.165, 1.54) is 31.6 Å². The third kappa shape index (κ3) is 2.90. The van der Waals surface area contributed by atoms with Crippen molar-refractivity contribution in [2.24, 2.45) is 0 Å². The van der Waals surface area contributed by atoms with Crippen molar-refractivity contribution in [1.82, 2.24) is 0 Å². The van der Waals surface area contributed by atoms with E-state index in [1.807, 2.05) is 0 Å². The van der Waals surface area contributed by atoms with Crippen LogP contribution < -0.4 is 5.32 Å². The van der Waals surface area contributed by atoms with E-state index < -0.39 is 17.6 Å². The Kier molecular flexibility index (Phi) is 3.79. The molecule has 2 rings (SSSR count). The summed E-state index contributed by atoms with van der Waals surface area (Å²) in [7, 11) is 1.26. The maximum atomic E-state index is 13.4. The number of carbonyl (C=O) groups excluding carboxylic acids is 1. The van der Waals surface area contributed by atoms with Crippen molar-refractivity contribution >= 4 is 11.7 Å². The summed E-state index contributed by atoms with van der Waals surface area (Å²) in [5.41, 5.74) is 0.287. The lowest BCUT2D eigenvalue weighted by molar-refractivity contribution is 0.0600. The summed E-state index contributed by atoms with van der Waals surface area (Å²) >= 11 is 0. The number of hydrogen-bond donors (Lipinski definition) is 1. The summed E-state index contributed by atoms with van der Waals surface area (Å²) in [6.07, 6.45) is 1.24.